The van der Waals surface area contributed by atoms with Crippen LogP contribution in [0.1, 0.15) is 18.5 Å². The summed E-state index contributed by atoms with van der Waals surface area (Å²) in [5.74, 6) is 0. The number of nitrogens with one attached hydrogen (secondary N) is 2. The number of nitrogens with zero attached hydrogens (tertiary/aromatic N) is 3. The number of anilines is 1. The van der Waals surface area contributed by atoms with Gasteiger partial charge < -0.3 is 15.4 Å². The van der Waals surface area contributed by atoms with Crippen LogP contribution in [0.15, 0.2) is 12.3 Å². The fourth-order valence-corrected chi connectivity index (χ4v) is 2.56. The van der Waals surface area contributed by atoms with Gasteiger partial charge in [-0.25, -0.2) is 9.78 Å². The number of pyridine rings is 1. The number of hydrogen-bond donors (Lipinski definition) is 2. The van der Waals surface area contributed by atoms with Gasteiger partial charge in [0.15, 0.2) is 5.65 Å². The lowest BCUT2D eigenvalue weighted by Gasteiger charge is -2.11. The Morgan fingerprint density at radius 2 is 2.43 bits per heavy atom. The van der Waals surface area contributed by atoms with Gasteiger partial charge >= 0.3 is 6.03 Å². The first-order chi connectivity index (χ1) is 10.1. The maximum absolute atomic E-state index is 11.9. The van der Waals surface area contributed by atoms with Crippen molar-refractivity contribution in [3.63, 3.8) is 0 Å². The molecule has 1 atom stereocenters. The zero-order chi connectivity index (χ0) is 14.8. The summed E-state index contributed by atoms with van der Waals surface area (Å²) in [5, 5.41) is 10.9. The molecule has 1 fully saturated rings. The molecule has 2 aromatic heterocycles. The van der Waals surface area contributed by atoms with E-state index >= 15 is 0 Å². The molecule has 1 aliphatic rings. The summed E-state index contributed by atoms with van der Waals surface area (Å²) in [6.07, 6.45) is 3.84. The molecule has 2 N–H and O–H groups in total. The van der Waals surface area contributed by atoms with E-state index in [1.807, 2.05) is 20.0 Å². The predicted octanol–water partition coefficient (Wildman–Crippen LogP) is 1.58. The number of hydrogen-bond acceptors (Lipinski definition) is 4. The zero-order valence-corrected chi connectivity index (χ0v) is 12.2. The minimum absolute atomic E-state index is 0.136. The minimum Gasteiger partial charge on any atom is -0.376 e. The Bertz CT molecular complexity index is 661. The molecule has 21 heavy (non-hydrogen) atoms. The molecule has 0 spiro atoms. The van der Waals surface area contributed by atoms with Crippen molar-refractivity contribution in [3.8, 4) is 0 Å². The SMILES string of the molecule is Cc1nn(C)c2ncc(NC(=O)NC[C@H]3CCCO3)cc12. The van der Waals surface area contributed by atoms with Crippen LogP contribution in [-0.2, 0) is 11.8 Å². The fraction of sp³-hybridized carbons (Fsp3) is 0.500. The van der Waals surface area contributed by atoms with E-state index in [1.54, 1.807) is 10.9 Å². The van der Waals surface area contributed by atoms with E-state index in [9.17, 15) is 4.79 Å². The number of fused-ring (bicyclic) bond motifs is 1. The average Bonchev–Trinajstić information content (AvgIpc) is 3.06. The van der Waals surface area contributed by atoms with E-state index < -0.39 is 0 Å². The molecule has 7 heteroatoms. The van der Waals surface area contributed by atoms with Gasteiger partial charge in [-0.15, -0.1) is 0 Å². The number of aryl methyl sites for hydroxylation is 2. The van der Waals surface area contributed by atoms with Crippen LogP contribution in [0.2, 0.25) is 0 Å². The summed E-state index contributed by atoms with van der Waals surface area (Å²) in [7, 11) is 1.85. The summed E-state index contributed by atoms with van der Waals surface area (Å²) in [4.78, 5) is 16.2. The molecule has 2 aromatic rings. The standard InChI is InChI=1S/C14H19N5O2/c1-9-12-6-10(7-15-13(12)19(2)18-9)17-14(20)16-8-11-4-3-5-21-11/h6-7,11H,3-5,8H2,1-2H3,(H2,16,17,20)/t11-/m1/s1. The van der Waals surface area contributed by atoms with Crippen LogP contribution in [0, 0.1) is 6.92 Å². The van der Waals surface area contributed by atoms with Crippen LogP contribution in [0.5, 0.6) is 0 Å². The second-order valence-electron chi connectivity index (χ2n) is 5.27. The highest BCUT2D eigenvalue weighted by atomic mass is 16.5. The van der Waals surface area contributed by atoms with Gasteiger partial charge in [0.25, 0.3) is 0 Å². The molecule has 2 amide bonds. The van der Waals surface area contributed by atoms with Crippen LogP contribution in [0.3, 0.4) is 0 Å². The first-order valence-corrected chi connectivity index (χ1v) is 7.09. The molecule has 7 nitrogen and oxygen atoms in total. The van der Waals surface area contributed by atoms with Gasteiger partial charge in [-0.1, -0.05) is 0 Å². The first-order valence-electron chi connectivity index (χ1n) is 7.09. The van der Waals surface area contributed by atoms with Crippen molar-refractivity contribution in [2.24, 2.45) is 7.05 Å². The monoisotopic (exact) mass is 289 g/mol. The molecule has 1 saturated heterocycles. The number of rotatable bonds is 3. The molecule has 0 aromatic carbocycles. The summed E-state index contributed by atoms with van der Waals surface area (Å²) >= 11 is 0. The number of urea groups is 1. The molecule has 0 unspecified atom stereocenters. The Morgan fingerprint density at radius 3 is 3.19 bits per heavy atom. The van der Waals surface area contributed by atoms with Crippen LogP contribution < -0.4 is 10.6 Å². The van der Waals surface area contributed by atoms with Gasteiger partial charge in [-0.3, -0.25) is 4.68 Å². The van der Waals surface area contributed by atoms with Crippen molar-refractivity contribution in [1.29, 1.82) is 0 Å². The van der Waals surface area contributed by atoms with Crippen molar-refractivity contribution in [3.05, 3.63) is 18.0 Å². The topological polar surface area (TPSA) is 81.1 Å². The van der Waals surface area contributed by atoms with E-state index in [0.29, 0.717) is 12.2 Å². The lowest BCUT2D eigenvalue weighted by atomic mass is 10.2. The van der Waals surface area contributed by atoms with Crippen LogP contribution in [-0.4, -0.2) is 40.1 Å². The lowest BCUT2D eigenvalue weighted by molar-refractivity contribution is 0.112. The summed E-state index contributed by atoms with van der Waals surface area (Å²) in [6.45, 7) is 3.24. The van der Waals surface area contributed by atoms with Crippen molar-refractivity contribution < 1.29 is 9.53 Å². The highest BCUT2D eigenvalue weighted by Crippen LogP contribution is 2.19. The molecule has 0 radical (unpaired) electrons. The largest absolute Gasteiger partial charge is 0.376 e. The Morgan fingerprint density at radius 1 is 1.57 bits per heavy atom. The maximum Gasteiger partial charge on any atom is 0.319 e. The van der Waals surface area contributed by atoms with E-state index in [2.05, 4.69) is 20.7 Å². The van der Waals surface area contributed by atoms with Crippen molar-refractivity contribution in [2.45, 2.75) is 25.9 Å². The lowest BCUT2D eigenvalue weighted by Crippen LogP contribution is -2.35. The Labute approximate surface area is 122 Å². The van der Waals surface area contributed by atoms with Crippen LogP contribution in [0.25, 0.3) is 11.0 Å². The van der Waals surface area contributed by atoms with E-state index in [1.165, 1.54) is 0 Å². The van der Waals surface area contributed by atoms with Crippen molar-refractivity contribution >= 4 is 22.8 Å². The Balaban J connectivity index is 1.63. The molecule has 0 saturated carbocycles. The van der Waals surface area contributed by atoms with Gasteiger partial charge in [-0.2, -0.15) is 5.10 Å². The van der Waals surface area contributed by atoms with E-state index in [-0.39, 0.29) is 12.1 Å². The number of aromatic nitrogens is 3. The normalized spacial score (nSPS) is 18.1. The maximum atomic E-state index is 11.9. The van der Waals surface area contributed by atoms with Gasteiger partial charge in [-0.05, 0) is 25.8 Å². The van der Waals surface area contributed by atoms with E-state index in [4.69, 9.17) is 4.74 Å². The first kappa shape index (κ1) is 13.8. The van der Waals surface area contributed by atoms with Crippen LogP contribution >= 0.6 is 0 Å². The Kier molecular flexibility index (Phi) is 3.74. The molecule has 112 valence electrons. The fourth-order valence-electron chi connectivity index (χ4n) is 2.56. The zero-order valence-electron chi connectivity index (χ0n) is 12.2. The number of ether oxygens (including phenoxy) is 1. The Hall–Kier alpha value is -2.15. The van der Waals surface area contributed by atoms with Gasteiger partial charge in [0.05, 0.1) is 23.7 Å². The molecule has 0 bridgehead atoms. The smallest absolute Gasteiger partial charge is 0.319 e. The third kappa shape index (κ3) is 2.97. The van der Waals surface area contributed by atoms with E-state index in [0.717, 1.165) is 36.2 Å². The number of carbonyl (C=O) groups excluding carboxylic acids is 1. The highest BCUT2D eigenvalue weighted by molar-refractivity contribution is 5.92. The van der Waals surface area contributed by atoms with Gasteiger partial charge in [0.1, 0.15) is 0 Å². The summed E-state index contributed by atoms with van der Waals surface area (Å²) in [6, 6.07) is 1.64. The van der Waals surface area contributed by atoms with Crippen molar-refractivity contribution in [1.82, 2.24) is 20.1 Å². The highest BCUT2D eigenvalue weighted by Gasteiger charge is 2.16. The predicted molar refractivity (Wildman–Crippen MR) is 79.2 cm³/mol. The number of carbonyl (C=O) groups is 1. The van der Waals surface area contributed by atoms with Crippen LogP contribution in [0.4, 0.5) is 10.5 Å². The molecule has 3 rings (SSSR count). The number of amides is 2. The quantitative estimate of drug-likeness (QED) is 0.899. The second-order valence-corrected chi connectivity index (χ2v) is 5.27. The van der Waals surface area contributed by atoms with Crippen molar-refractivity contribution in [2.75, 3.05) is 18.5 Å². The summed E-state index contributed by atoms with van der Waals surface area (Å²) < 4.78 is 7.19. The molecular formula is C14H19N5O2. The third-order valence-electron chi connectivity index (χ3n) is 3.64. The molecular weight excluding hydrogens is 270 g/mol. The third-order valence-corrected chi connectivity index (χ3v) is 3.64. The molecule has 0 aliphatic carbocycles. The van der Waals surface area contributed by atoms with Gasteiger partial charge in [0.2, 0.25) is 0 Å². The molecule has 3 heterocycles. The van der Waals surface area contributed by atoms with Gasteiger partial charge in [0, 0.05) is 25.6 Å². The molecule has 1 aliphatic heterocycles. The average molecular weight is 289 g/mol. The summed E-state index contributed by atoms with van der Waals surface area (Å²) in [5.41, 5.74) is 2.35. The second kappa shape index (κ2) is 5.69. The minimum atomic E-state index is -0.242.